The van der Waals surface area contributed by atoms with Crippen LogP contribution in [0.25, 0.3) is 10.9 Å². The van der Waals surface area contributed by atoms with Crippen molar-refractivity contribution in [1.29, 1.82) is 0 Å². The van der Waals surface area contributed by atoms with Crippen LogP contribution in [0.2, 0.25) is 0 Å². The first kappa shape index (κ1) is 23.0. The number of fused-ring (bicyclic) bond motifs is 1. The Morgan fingerprint density at radius 3 is 2.52 bits per heavy atom. The van der Waals surface area contributed by atoms with Crippen molar-refractivity contribution < 1.29 is 22.7 Å². The first-order valence-corrected chi connectivity index (χ1v) is 12.2. The third-order valence-electron chi connectivity index (χ3n) is 5.66. The third kappa shape index (κ3) is 4.51. The predicted octanol–water partition coefficient (Wildman–Crippen LogP) is 3.10. The van der Waals surface area contributed by atoms with Crippen LogP contribution in [-0.4, -0.2) is 68.4 Å². The number of aromatic nitrogens is 1. The lowest BCUT2D eigenvalue weighted by atomic mass is 10.1. The molecule has 33 heavy (non-hydrogen) atoms. The molecule has 1 saturated heterocycles. The smallest absolute Gasteiger partial charge is 0.254 e. The lowest BCUT2D eigenvalue weighted by Crippen LogP contribution is -2.50. The fraction of sp³-hybridized carbons (Fsp3) is 0.333. The summed E-state index contributed by atoms with van der Waals surface area (Å²) in [5.41, 5.74) is 1.91. The minimum absolute atomic E-state index is 0.169. The number of rotatable bonds is 6. The van der Waals surface area contributed by atoms with Crippen molar-refractivity contribution in [3.63, 3.8) is 0 Å². The summed E-state index contributed by atoms with van der Waals surface area (Å²) in [5, 5.41) is 0.787. The summed E-state index contributed by atoms with van der Waals surface area (Å²) in [5.74, 6) is 0.895. The summed E-state index contributed by atoms with van der Waals surface area (Å²) in [6, 6.07) is 12.2. The van der Waals surface area contributed by atoms with E-state index < -0.39 is 10.0 Å². The Kier molecular flexibility index (Phi) is 6.53. The number of piperazine rings is 1. The highest BCUT2D eigenvalue weighted by molar-refractivity contribution is 7.89. The van der Waals surface area contributed by atoms with E-state index in [1.165, 1.54) is 4.31 Å². The number of para-hydroxylation sites is 1. The minimum atomic E-state index is -3.74. The molecule has 0 atom stereocenters. The molecule has 0 saturated carbocycles. The first-order valence-electron chi connectivity index (χ1n) is 10.8. The van der Waals surface area contributed by atoms with E-state index >= 15 is 0 Å². The summed E-state index contributed by atoms with van der Waals surface area (Å²) in [6.45, 7) is 5.25. The molecule has 0 bridgehead atoms. The molecule has 0 spiro atoms. The molecule has 8 nitrogen and oxygen atoms in total. The number of hydrogen-bond donors (Lipinski definition) is 0. The van der Waals surface area contributed by atoms with Crippen LogP contribution >= 0.6 is 0 Å². The Labute approximate surface area is 193 Å². The van der Waals surface area contributed by atoms with E-state index in [4.69, 9.17) is 9.47 Å². The maximum atomic E-state index is 13.4. The van der Waals surface area contributed by atoms with Crippen molar-refractivity contribution in [3.05, 3.63) is 59.8 Å². The number of aryl methyl sites for hydroxylation is 1. The second-order valence-corrected chi connectivity index (χ2v) is 9.74. The number of pyridine rings is 1. The number of ether oxygens (including phenoxy) is 2. The maximum Gasteiger partial charge on any atom is 0.254 e. The molecule has 2 heterocycles. The van der Waals surface area contributed by atoms with Gasteiger partial charge in [0.15, 0.2) is 11.5 Å². The van der Waals surface area contributed by atoms with Crippen LogP contribution in [0, 0.1) is 6.92 Å². The number of hydrogen-bond acceptors (Lipinski definition) is 6. The zero-order chi connectivity index (χ0) is 23.6. The highest BCUT2D eigenvalue weighted by atomic mass is 32.2. The van der Waals surface area contributed by atoms with E-state index in [1.807, 2.05) is 26.0 Å². The first-order chi connectivity index (χ1) is 15.8. The Bertz CT molecular complexity index is 1280. The van der Waals surface area contributed by atoms with Crippen molar-refractivity contribution in [2.45, 2.75) is 18.7 Å². The zero-order valence-electron chi connectivity index (χ0n) is 18.9. The van der Waals surface area contributed by atoms with Gasteiger partial charge in [-0.2, -0.15) is 4.31 Å². The summed E-state index contributed by atoms with van der Waals surface area (Å²) in [7, 11) is -2.19. The van der Waals surface area contributed by atoms with Crippen LogP contribution in [0.3, 0.4) is 0 Å². The molecule has 9 heteroatoms. The largest absolute Gasteiger partial charge is 0.493 e. The van der Waals surface area contributed by atoms with Gasteiger partial charge in [-0.25, -0.2) is 8.42 Å². The van der Waals surface area contributed by atoms with Gasteiger partial charge in [-0.3, -0.25) is 9.78 Å². The number of benzene rings is 2. The molecular formula is C24H27N3O5S. The Morgan fingerprint density at radius 1 is 1.06 bits per heavy atom. The van der Waals surface area contributed by atoms with Crippen molar-refractivity contribution in [2.75, 3.05) is 39.9 Å². The van der Waals surface area contributed by atoms with Gasteiger partial charge in [0.05, 0.1) is 19.2 Å². The zero-order valence-corrected chi connectivity index (χ0v) is 19.8. The number of amides is 1. The Morgan fingerprint density at radius 2 is 1.82 bits per heavy atom. The number of carbonyl (C=O) groups excluding carboxylic acids is 1. The van der Waals surface area contributed by atoms with Crippen molar-refractivity contribution in [2.24, 2.45) is 0 Å². The maximum absolute atomic E-state index is 13.4. The molecule has 1 fully saturated rings. The van der Waals surface area contributed by atoms with E-state index in [0.717, 1.165) is 10.9 Å². The van der Waals surface area contributed by atoms with Gasteiger partial charge in [-0.05, 0) is 49.7 Å². The molecule has 0 aliphatic carbocycles. The lowest BCUT2D eigenvalue weighted by molar-refractivity contribution is 0.0697. The molecule has 174 valence electrons. The summed E-state index contributed by atoms with van der Waals surface area (Å²) >= 11 is 0. The second kappa shape index (κ2) is 9.36. The molecule has 0 unspecified atom stereocenters. The predicted molar refractivity (Wildman–Crippen MR) is 125 cm³/mol. The van der Waals surface area contributed by atoms with Crippen molar-refractivity contribution in [1.82, 2.24) is 14.2 Å². The normalized spacial score (nSPS) is 14.9. The summed E-state index contributed by atoms with van der Waals surface area (Å²) in [4.78, 5) is 19.3. The van der Waals surface area contributed by atoms with Crippen molar-refractivity contribution in [3.8, 4) is 11.5 Å². The van der Waals surface area contributed by atoms with Crippen LogP contribution in [0.1, 0.15) is 22.8 Å². The van der Waals surface area contributed by atoms with Crippen LogP contribution in [-0.2, 0) is 10.0 Å². The average molecular weight is 470 g/mol. The van der Waals surface area contributed by atoms with E-state index in [9.17, 15) is 13.2 Å². The van der Waals surface area contributed by atoms with Gasteiger partial charge in [-0.15, -0.1) is 0 Å². The van der Waals surface area contributed by atoms with E-state index in [-0.39, 0.29) is 23.9 Å². The second-order valence-electron chi connectivity index (χ2n) is 7.84. The van der Waals surface area contributed by atoms with Crippen LogP contribution < -0.4 is 9.47 Å². The quantitative estimate of drug-likeness (QED) is 0.551. The summed E-state index contributed by atoms with van der Waals surface area (Å²) < 4.78 is 39.0. The molecule has 0 N–H and O–H groups in total. The molecular weight excluding hydrogens is 442 g/mol. The lowest BCUT2D eigenvalue weighted by Gasteiger charge is -2.34. The van der Waals surface area contributed by atoms with Gasteiger partial charge in [-0.1, -0.05) is 12.1 Å². The van der Waals surface area contributed by atoms with Gasteiger partial charge < -0.3 is 14.4 Å². The average Bonchev–Trinajstić information content (AvgIpc) is 2.83. The fourth-order valence-electron chi connectivity index (χ4n) is 3.98. The van der Waals surface area contributed by atoms with E-state index in [2.05, 4.69) is 4.98 Å². The third-order valence-corrected chi connectivity index (χ3v) is 7.59. The molecule has 3 aromatic rings. The van der Waals surface area contributed by atoms with Crippen LogP contribution in [0.15, 0.2) is 53.6 Å². The topological polar surface area (TPSA) is 89.0 Å². The standard InChI is InChI=1S/C24H27N3O5S/c1-4-32-21-15-19(8-9-20(21)31-3)24(28)26-10-12-27(13-11-26)33(29,30)22-7-5-6-18-14-17(2)16-25-23(18)22/h5-9,14-16H,4,10-13H2,1-3H3. The number of nitrogens with zero attached hydrogens (tertiary/aromatic N) is 3. The number of sulfonamides is 1. The highest BCUT2D eigenvalue weighted by Gasteiger charge is 2.32. The molecule has 1 amide bonds. The molecule has 1 aliphatic rings. The van der Waals surface area contributed by atoms with E-state index in [0.29, 0.717) is 42.3 Å². The van der Waals surface area contributed by atoms with Gasteiger partial charge >= 0.3 is 0 Å². The molecule has 1 aromatic heterocycles. The molecule has 4 rings (SSSR count). The Balaban J connectivity index is 1.51. The molecule has 1 aliphatic heterocycles. The minimum Gasteiger partial charge on any atom is -0.493 e. The van der Waals surface area contributed by atoms with Gasteiger partial charge in [0.1, 0.15) is 4.90 Å². The fourth-order valence-corrected chi connectivity index (χ4v) is 5.57. The number of carbonyl (C=O) groups is 1. The van der Waals surface area contributed by atoms with Crippen LogP contribution in [0.4, 0.5) is 0 Å². The van der Waals surface area contributed by atoms with Gasteiger partial charge in [0.25, 0.3) is 5.91 Å². The van der Waals surface area contributed by atoms with Crippen molar-refractivity contribution >= 4 is 26.8 Å². The van der Waals surface area contributed by atoms with E-state index in [1.54, 1.807) is 48.5 Å². The van der Waals surface area contributed by atoms with Gasteiger partial charge in [0.2, 0.25) is 10.0 Å². The van der Waals surface area contributed by atoms with Gasteiger partial charge in [0, 0.05) is 43.3 Å². The van der Waals surface area contributed by atoms with Crippen LogP contribution in [0.5, 0.6) is 11.5 Å². The monoisotopic (exact) mass is 469 g/mol. The molecule has 0 radical (unpaired) electrons. The Hall–Kier alpha value is -3.17. The SMILES string of the molecule is CCOc1cc(C(=O)N2CCN(S(=O)(=O)c3cccc4cc(C)cnc34)CC2)ccc1OC. The summed E-state index contributed by atoms with van der Waals surface area (Å²) in [6.07, 6.45) is 1.67. The molecule has 2 aromatic carbocycles. The highest BCUT2D eigenvalue weighted by Crippen LogP contribution is 2.29. The number of methoxy groups -OCH3 is 1.